The SMILES string of the molecule is COc1cc(/C=C2/SC(=Nc3ccc(C)cc3C)NC2=O)cc(OC)c1OC(C)=O. The van der Waals surface area contributed by atoms with Crippen LogP contribution in [0.25, 0.3) is 6.08 Å². The molecule has 0 atom stereocenters. The number of amides is 1. The number of methoxy groups -OCH3 is 2. The highest BCUT2D eigenvalue weighted by molar-refractivity contribution is 8.18. The Hall–Kier alpha value is -3.26. The molecule has 3 rings (SSSR count). The molecule has 156 valence electrons. The number of aliphatic imine (C=N–C) groups is 1. The first kappa shape index (κ1) is 21.4. The van der Waals surface area contributed by atoms with Gasteiger partial charge in [-0.25, -0.2) is 4.99 Å². The van der Waals surface area contributed by atoms with Crippen LogP contribution in [-0.4, -0.2) is 31.3 Å². The molecule has 0 aliphatic carbocycles. The first-order chi connectivity index (χ1) is 14.3. The fourth-order valence-corrected chi connectivity index (χ4v) is 3.73. The first-order valence-electron chi connectivity index (χ1n) is 9.12. The summed E-state index contributed by atoms with van der Waals surface area (Å²) < 4.78 is 15.8. The van der Waals surface area contributed by atoms with Gasteiger partial charge in [-0.3, -0.25) is 9.59 Å². The quantitative estimate of drug-likeness (QED) is 0.439. The number of carbonyl (C=O) groups excluding carboxylic acids is 2. The number of benzene rings is 2. The fourth-order valence-electron chi connectivity index (χ4n) is 2.90. The molecule has 2 aromatic carbocycles. The molecule has 1 heterocycles. The lowest BCUT2D eigenvalue weighted by molar-refractivity contribution is -0.132. The van der Waals surface area contributed by atoms with Gasteiger partial charge in [0.1, 0.15) is 0 Å². The number of hydrogen-bond donors (Lipinski definition) is 1. The maximum absolute atomic E-state index is 12.4. The smallest absolute Gasteiger partial charge is 0.308 e. The Morgan fingerprint density at radius 1 is 1.10 bits per heavy atom. The van der Waals surface area contributed by atoms with Crippen LogP contribution in [0.15, 0.2) is 40.2 Å². The second kappa shape index (κ2) is 9.04. The topological polar surface area (TPSA) is 86.2 Å². The van der Waals surface area contributed by atoms with Crippen LogP contribution >= 0.6 is 11.8 Å². The van der Waals surface area contributed by atoms with Crippen molar-refractivity contribution >= 4 is 40.6 Å². The first-order valence-corrected chi connectivity index (χ1v) is 9.93. The minimum Gasteiger partial charge on any atom is -0.493 e. The average molecular weight is 426 g/mol. The third-order valence-electron chi connectivity index (χ3n) is 4.25. The summed E-state index contributed by atoms with van der Waals surface area (Å²) in [5.41, 5.74) is 3.65. The Kier molecular flexibility index (Phi) is 6.47. The van der Waals surface area contributed by atoms with Crippen LogP contribution < -0.4 is 19.5 Å². The van der Waals surface area contributed by atoms with E-state index < -0.39 is 5.97 Å². The van der Waals surface area contributed by atoms with E-state index in [1.54, 1.807) is 18.2 Å². The zero-order valence-electron chi connectivity index (χ0n) is 17.4. The molecule has 8 heteroatoms. The molecule has 1 amide bonds. The Labute approximate surface area is 179 Å². The van der Waals surface area contributed by atoms with Crippen molar-refractivity contribution in [2.75, 3.05) is 14.2 Å². The van der Waals surface area contributed by atoms with Crippen molar-refractivity contribution in [1.29, 1.82) is 0 Å². The molecule has 0 bridgehead atoms. The second-order valence-electron chi connectivity index (χ2n) is 6.62. The van der Waals surface area contributed by atoms with E-state index in [1.807, 2.05) is 32.0 Å². The molecule has 1 N–H and O–H groups in total. The van der Waals surface area contributed by atoms with Crippen LogP contribution in [0.5, 0.6) is 17.2 Å². The van der Waals surface area contributed by atoms with Gasteiger partial charge >= 0.3 is 5.97 Å². The summed E-state index contributed by atoms with van der Waals surface area (Å²) in [7, 11) is 2.93. The molecule has 30 heavy (non-hydrogen) atoms. The maximum Gasteiger partial charge on any atom is 0.308 e. The van der Waals surface area contributed by atoms with Gasteiger partial charge in [-0.2, -0.15) is 0 Å². The predicted molar refractivity (Wildman–Crippen MR) is 118 cm³/mol. The third-order valence-corrected chi connectivity index (χ3v) is 5.16. The lowest BCUT2D eigenvalue weighted by Crippen LogP contribution is -2.19. The minimum atomic E-state index is -0.490. The standard InChI is InChI=1S/C22H22N2O5S/c1-12-6-7-16(13(2)8-12)23-22-24-21(26)19(30-22)11-15-9-17(27-4)20(29-14(3)25)18(10-15)28-5/h6-11H,1-5H3,(H,23,24,26)/b19-11+. The van der Waals surface area contributed by atoms with Gasteiger partial charge in [0.25, 0.3) is 5.91 Å². The van der Waals surface area contributed by atoms with Crippen molar-refractivity contribution in [2.24, 2.45) is 4.99 Å². The van der Waals surface area contributed by atoms with E-state index in [1.165, 1.54) is 32.9 Å². The van der Waals surface area contributed by atoms with E-state index in [2.05, 4.69) is 10.3 Å². The number of aryl methyl sites for hydroxylation is 2. The summed E-state index contributed by atoms with van der Waals surface area (Å²) in [4.78, 5) is 28.8. The molecule has 1 fully saturated rings. The highest BCUT2D eigenvalue weighted by atomic mass is 32.2. The van der Waals surface area contributed by atoms with Crippen LogP contribution in [0.1, 0.15) is 23.6 Å². The monoisotopic (exact) mass is 426 g/mol. The second-order valence-corrected chi connectivity index (χ2v) is 7.65. The van der Waals surface area contributed by atoms with Crippen LogP contribution in [0.4, 0.5) is 5.69 Å². The third kappa shape index (κ3) is 4.83. The predicted octanol–water partition coefficient (Wildman–Crippen LogP) is 4.14. The number of rotatable bonds is 5. The van der Waals surface area contributed by atoms with Crippen molar-refractivity contribution in [2.45, 2.75) is 20.8 Å². The van der Waals surface area contributed by atoms with E-state index in [-0.39, 0.29) is 11.7 Å². The summed E-state index contributed by atoms with van der Waals surface area (Å²) in [5, 5.41) is 3.29. The van der Waals surface area contributed by atoms with Crippen LogP contribution in [0, 0.1) is 13.8 Å². The van der Waals surface area contributed by atoms with E-state index in [0.29, 0.717) is 27.1 Å². The van der Waals surface area contributed by atoms with Gasteiger partial charge in [0, 0.05) is 6.92 Å². The molecule has 0 unspecified atom stereocenters. The number of hydrogen-bond acceptors (Lipinski definition) is 7. The molecule has 0 spiro atoms. The lowest BCUT2D eigenvalue weighted by atomic mass is 10.1. The highest BCUT2D eigenvalue weighted by Crippen LogP contribution is 2.40. The van der Waals surface area contributed by atoms with Gasteiger partial charge in [0.15, 0.2) is 16.7 Å². The van der Waals surface area contributed by atoms with E-state index in [9.17, 15) is 9.59 Å². The van der Waals surface area contributed by atoms with Gasteiger partial charge < -0.3 is 19.5 Å². The number of nitrogens with zero attached hydrogens (tertiary/aromatic N) is 1. The van der Waals surface area contributed by atoms with Crippen molar-refractivity contribution in [1.82, 2.24) is 5.32 Å². The summed E-state index contributed by atoms with van der Waals surface area (Å²) in [6.07, 6.45) is 1.70. The Morgan fingerprint density at radius 3 is 2.33 bits per heavy atom. The fraction of sp³-hybridized carbons (Fsp3) is 0.227. The number of thioether (sulfide) groups is 1. The van der Waals surface area contributed by atoms with Crippen molar-refractivity contribution in [3.63, 3.8) is 0 Å². The lowest BCUT2D eigenvalue weighted by Gasteiger charge is -2.13. The molecule has 1 aliphatic rings. The Balaban J connectivity index is 1.92. The number of carbonyl (C=O) groups is 2. The molecular weight excluding hydrogens is 404 g/mol. The molecule has 7 nitrogen and oxygen atoms in total. The molecule has 2 aromatic rings. The zero-order chi connectivity index (χ0) is 21.8. The van der Waals surface area contributed by atoms with Crippen LogP contribution in [0.2, 0.25) is 0 Å². The molecule has 0 radical (unpaired) electrons. The van der Waals surface area contributed by atoms with Crippen molar-refractivity contribution in [3.8, 4) is 17.2 Å². The van der Waals surface area contributed by atoms with Gasteiger partial charge in [-0.05, 0) is 61.0 Å². The summed E-state index contributed by atoms with van der Waals surface area (Å²) in [6, 6.07) is 9.28. The normalized spacial score (nSPS) is 16.0. The molecular formula is C22H22N2O5S. The van der Waals surface area contributed by atoms with Gasteiger partial charge in [-0.15, -0.1) is 0 Å². The zero-order valence-corrected chi connectivity index (χ0v) is 18.2. The maximum atomic E-state index is 12.4. The van der Waals surface area contributed by atoms with E-state index in [0.717, 1.165) is 16.8 Å². The number of ether oxygens (including phenoxy) is 3. The van der Waals surface area contributed by atoms with Crippen molar-refractivity contribution < 1.29 is 23.8 Å². The van der Waals surface area contributed by atoms with Crippen molar-refractivity contribution in [3.05, 3.63) is 51.9 Å². The summed E-state index contributed by atoms with van der Waals surface area (Å²) in [5.74, 6) is 0.101. The van der Waals surface area contributed by atoms with E-state index >= 15 is 0 Å². The summed E-state index contributed by atoms with van der Waals surface area (Å²) >= 11 is 1.25. The van der Waals surface area contributed by atoms with Crippen LogP contribution in [0.3, 0.4) is 0 Å². The van der Waals surface area contributed by atoms with Crippen LogP contribution in [-0.2, 0) is 9.59 Å². The van der Waals surface area contributed by atoms with Gasteiger partial charge in [-0.1, -0.05) is 17.7 Å². The molecule has 0 saturated carbocycles. The van der Waals surface area contributed by atoms with Gasteiger partial charge in [0.2, 0.25) is 5.75 Å². The highest BCUT2D eigenvalue weighted by Gasteiger charge is 2.25. The van der Waals surface area contributed by atoms with Gasteiger partial charge in [0.05, 0.1) is 24.8 Å². The minimum absolute atomic E-state index is 0.190. The molecule has 1 aliphatic heterocycles. The van der Waals surface area contributed by atoms with E-state index in [4.69, 9.17) is 14.2 Å². The average Bonchev–Trinajstić information content (AvgIpc) is 3.03. The molecule has 0 aromatic heterocycles. The number of nitrogens with one attached hydrogen (secondary N) is 1. The molecule has 1 saturated heterocycles. The summed E-state index contributed by atoms with van der Waals surface area (Å²) in [6.45, 7) is 5.30. The largest absolute Gasteiger partial charge is 0.493 e. The Morgan fingerprint density at radius 2 is 1.77 bits per heavy atom. The Bertz CT molecular complexity index is 1050. The number of amidine groups is 1. The number of esters is 1.